The highest BCUT2D eigenvalue weighted by Gasteiger charge is 2.24. The van der Waals surface area contributed by atoms with Crippen molar-refractivity contribution >= 4 is 17.7 Å². The molecule has 1 amide bonds. The highest BCUT2D eigenvalue weighted by atomic mass is 35.5. The summed E-state index contributed by atoms with van der Waals surface area (Å²) in [6.45, 7) is 5.23. The third-order valence-corrected chi connectivity index (χ3v) is 4.53. The van der Waals surface area contributed by atoms with Crippen LogP contribution < -0.4 is 5.32 Å². The van der Waals surface area contributed by atoms with E-state index in [2.05, 4.69) is 15.3 Å². The van der Waals surface area contributed by atoms with Crippen molar-refractivity contribution in [3.05, 3.63) is 82.9 Å². The normalized spacial score (nSPS) is 12.3. The average Bonchev–Trinajstić information content (AvgIpc) is 2.66. The number of nitrogens with zero attached hydrogens (tertiary/aromatic N) is 2. The first-order chi connectivity index (χ1) is 14.6. The van der Waals surface area contributed by atoms with Crippen molar-refractivity contribution in [2.24, 2.45) is 0 Å². The number of nitrogens with one attached hydrogen (secondary N) is 1. The van der Waals surface area contributed by atoms with Crippen LogP contribution in [0.4, 0.5) is 13.6 Å². The quantitative estimate of drug-likeness (QED) is 0.532. The molecule has 0 bridgehead atoms. The van der Waals surface area contributed by atoms with Crippen LogP contribution in [0.5, 0.6) is 0 Å². The molecule has 8 heteroatoms. The standard InChI is InChI=1S/C23H22ClF2N3O2/c1-23(2,3)31-22(30)29-20(10-14-8-17(25)11-18(26)9-14)21-19(12-27-13-28-21)15-4-6-16(24)7-5-15/h4-9,11-13,20H,10H2,1-3H3,(H,29,30). The van der Waals surface area contributed by atoms with Crippen molar-refractivity contribution in [1.29, 1.82) is 0 Å². The van der Waals surface area contributed by atoms with E-state index in [0.29, 0.717) is 21.8 Å². The smallest absolute Gasteiger partial charge is 0.408 e. The van der Waals surface area contributed by atoms with E-state index in [1.165, 1.54) is 18.5 Å². The summed E-state index contributed by atoms with van der Waals surface area (Å²) in [7, 11) is 0. The summed E-state index contributed by atoms with van der Waals surface area (Å²) in [6.07, 6.45) is 2.38. The third-order valence-electron chi connectivity index (χ3n) is 4.28. The lowest BCUT2D eigenvalue weighted by atomic mass is 9.96. The number of alkyl carbamates (subject to hydrolysis) is 1. The van der Waals surface area contributed by atoms with Gasteiger partial charge in [-0.15, -0.1) is 0 Å². The maximum Gasteiger partial charge on any atom is 0.408 e. The van der Waals surface area contributed by atoms with Gasteiger partial charge in [-0.1, -0.05) is 23.7 Å². The first-order valence-electron chi connectivity index (χ1n) is 9.61. The van der Waals surface area contributed by atoms with Gasteiger partial charge in [0.15, 0.2) is 0 Å². The summed E-state index contributed by atoms with van der Waals surface area (Å²) < 4.78 is 32.9. The van der Waals surface area contributed by atoms with E-state index < -0.39 is 29.4 Å². The number of benzene rings is 2. The van der Waals surface area contributed by atoms with Gasteiger partial charge in [-0.2, -0.15) is 0 Å². The van der Waals surface area contributed by atoms with Crippen molar-refractivity contribution in [2.45, 2.75) is 38.8 Å². The van der Waals surface area contributed by atoms with Gasteiger partial charge in [-0.05, 0) is 62.6 Å². The molecule has 1 heterocycles. The molecule has 1 unspecified atom stereocenters. The van der Waals surface area contributed by atoms with Crippen molar-refractivity contribution in [3.63, 3.8) is 0 Å². The van der Waals surface area contributed by atoms with Crippen molar-refractivity contribution in [2.75, 3.05) is 0 Å². The van der Waals surface area contributed by atoms with Crippen molar-refractivity contribution in [3.8, 4) is 11.1 Å². The monoisotopic (exact) mass is 445 g/mol. The van der Waals surface area contributed by atoms with Gasteiger partial charge in [0.1, 0.15) is 23.6 Å². The van der Waals surface area contributed by atoms with Crippen LogP contribution in [-0.4, -0.2) is 21.7 Å². The fourth-order valence-electron chi connectivity index (χ4n) is 3.10. The van der Waals surface area contributed by atoms with Crippen LogP contribution in [0.3, 0.4) is 0 Å². The zero-order valence-electron chi connectivity index (χ0n) is 17.3. The van der Waals surface area contributed by atoms with E-state index in [1.807, 2.05) is 0 Å². The molecular formula is C23H22ClF2N3O2. The van der Waals surface area contributed by atoms with E-state index >= 15 is 0 Å². The Morgan fingerprint density at radius 2 is 1.77 bits per heavy atom. The van der Waals surface area contributed by atoms with Gasteiger partial charge in [0.2, 0.25) is 0 Å². The molecule has 3 aromatic rings. The van der Waals surface area contributed by atoms with Crippen LogP contribution in [0.25, 0.3) is 11.1 Å². The number of carbonyl (C=O) groups is 1. The Bertz CT molecular complexity index is 1050. The molecule has 0 radical (unpaired) electrons. The Hall–Kier alpha value is -3.06. The van der Waals surface area contributed by atoms with Gasteiger partial charge in [0.25, 0.3) is 0 Å². The second-order valence-corrected chi connectivity index (χ2v) is 8.45. The van der Waals surface area contributed by atoms with Gasteiger partial charge >= 0.3 is 6.09 Å². The lowest BCUT2D eigenvalue weighted by Crippen LogP contribution is -2.36. The van der Waals surface area contributed by atoms with Gasteiger partial charge in [0.05, 0.1) is 11.7 Å². The van der Waals surface area contributed by atoms with Gasteiger partial charge in [-0.25, -0.2) is 23.5 Å². The maximum atomic E-state index is 13.8. The number of aromatic nitrogens is 2. The number of amides is 1. The van der Waals surface area contributed by atoms with Crippen LogP contribution in [0.2, 0.25) is 5.02 Å². The molecule has 162 valence electrons. The van der Waals surface area contributed by atoms with Gasteiger partial charge in [-0.3, -0.25) is 0 Å². The molecule has 31 heavy (non-hydrogen) atoms. The average molecular weight is 446 g/mol. The van der Waals surface area contributed by atoms with E-state index in [-0.39, 0.29) is 6.42 Å². The largest absolute Gasteiger partial charge is 0.444 e. The fraction of sp³-hybridized carbons (Fsp3) is 0.261. The molecule has 0 aliphatic carbocycles. The molecular weight excluding hydrogens is 424 g/mol. The highest BCUT2D eigenvalue weighted by Crippen LogP contribution is 2.29. The Kier molecular flexibility index (Phi) is 6.85. The molecule has 1 N–H and O–H groups in total. The van der Waals surface area contributed by atoms with Crippen molar-refractivity contribution < 1.29 is 18.3 Å². The van der Waals surface area contributed by atoms with E-state index in [9.17, 15) is 13.6 Å². The predicted molar refractivity (Wildman–Crippen MR) is 115 cm³/mol. The summed E-state index contributed by atoms with van der Waals surface area (Å²) in [6, 6.07) is 9.56. The minimum absolute atomic E-state index is 0.0888. The Morgan fingerprint density at radius 1 is 1.13 bits per heavy atom. The molecule has 2 aromatic carbocycles. The third kappa shape index (κ3) is 6.46. The van der Waals surface area contributed by atoms with Gasteiger partial charge < -0.3 is 10.1 Å². The Morgan fingerprint density at radius 3 is 2.39 bits per heavy atom. The van der Waals surface area contributed by atoms with E-state index in [1.54, 1.807) is 51.2 Å². The highest BCUT2D eigenvalue weighted by molar-refractivity contribution is 6.30. The van der Waals surface area contributed by atoms with Gasteiger partial charge in [0, 0.05) is 22.8 Å². The zero-order chi connectivity index (χ0) is 22.6. The maximum absolute atomic E-state index is 13.8. The molecule has 0 fully saturated rings. The summed E-state index contributed by atoms with van der Waals surface area (Å²) >= 11 is 5.99. The molecule has 0 aliphatic rings. The lowest BCUT2D eigenvalue weighted by Gasteiger charge is -2.24. The predicted octanol–water partition coefficient (Wildman–Crippen LogP) is 5.88. The second kappa shape index (κ2) is 9.39. The topological polar surface area (TPSA) is 64.1 Å². The molecule has 0 aliphatic heterocycles. The van der Waals surface area contributed by atoms with Crippen LogP contribution in [-0.2, 0) is 11.2 Å². The van der Waals surface area contributed by atoms with Crippen LogP contribution >= 0.6 is 11.6 Å². The van der Waals surface area contributed by atoms with E-state index in [0.717, 1.165) is 11.6 Å². The SMILES string of the molecule is CC(C)(C)OC(=O)NC(Cc1cc(F)cc(F)c1)c1ncncc1-c1ccc(Cl)cc1. The first-order valence-corrected chi connectivity index (χ1v) is 9.99. The zero-order valence-corrected chi connectivity index (χ0v) is 18.1. The van der Waals surface area contributed by atoms with Crippen LogP contribution in [0, 0.1) is 11.6 Å². The number of carbonyl (C=O) groups excluding carboxylic acids is 1. The van der Waals surface area contributed by atoms with Crippen LogP contribution in [0.15, 0.2) is 55.0 Å². The van der Waals surface area contributed by atoms with Crippen molar-refractivity contribution in [1.82, 2.24) is 15.3 Å². The number of halogens is 3. The summed E-state index contributed by atoms with van der Waals surface area (Å²) in [5, 5.41) is 3.35. The molecule has 3 rings (SSSR count). The first kappa shape index (κ1) is 22.6. The Balaban J connectivity index is 2.01. The molecule has 1 aromatic heterocycles. The summed E-state index contributed by atoms with van der Waals surface area (Å²) in [5.41, 5.74) is 1.55. The molecule has 1 atom stereocenters. The van der Waals surface area contributed by atoms with E-state index in [4.69, 9.17) is 16.3 Å². The minimum Gasteiger partial charge on any atom is -0.444 e. The molecule has 5 nitrogen and oxygen atoms in total. The summed E-state index contributed by atoms with van der Waals surface area (Å²) in [4.78, 5) is 21.0. The molecule has 0 saturated heterocycles. The number of ether oxygens (including phenoxy) is 1. The second-order valence-electron chi connectivity index (χ2n) is 8.01. The minimum atomic E-state index is -0.732. The Labute approximate surface area is 184 Å². The summed E-state index contributed by atoms with van der Waals surface area (Å²) in [5.74, 6) is -1.40. The van der Waals surface area contributed by atoms with Crippen LogP contribution in [0.1, 0.15) is 38.1 Å². The molecule has 0 saturated carbocycles. The number of rotatable bonds is 5. The molecule has 0 spiro atoms. The fourth-order valence-corrected chi connectivity index (χ4v) is 3.22. The lowest BCUT2D eigenvalue weighted by molar-refractivity contribution is 0.0502. The number of hydrogen-bond donors (Lipinski definition) is 1. The number of hydrogen-bond acceptors (Lipinski definition) is 4.